The molecule has 0 unspecified atom stereocenters. The van der Waals surface area contributed by atoms with Crippen LogP contribution in [0.2, 0.25) is 0 Å². The van der Waals surface area contributed by atoms with Crippen molar-refractivity contribution in [3.05, 3.63) is 0 Å². The quantitative estimate of drug-likeness (QED) is 0.285. The number of hydrazine groups is 1. The van der Waals surface area contributed by atoms with E-state index in [0.717, 1.165) is 25.7 Å². The molecule has 6 nitrogen and oxygen atoms in total. The van der Waals surface area contributed by atoms with E-state index >= 15 is 0 Å². The van der Waals surface area contributed by atoms with Gasteiger partial charge in [0.25, 0.3) is 5.91 Å². The van der Waals surface area contributed by atoms with Crippen molar-refractivity contribution in [2.75, 3.05) is 0 Å². The van der Waals surface area contributed by atoms with Crippen LogP contribution in [0.4, 0.5) is 4.79 Å². The number of rotatable bonds is 7. The summed E-state index contributed by atoms with van der Waals surface area (Å²) in [6.45, 7) is 7.42. The van der Waals surface area contributed by atoms with E-state index in [1.807, 2.05) is 0 Å². The van der Waals surface area contributed by atoms with Gasteiger partial charge in [0.15, 0.2) is 0 Å². The van der Waals surface area contributed by atoms with Gasteiger partial charge in [-0.1, -0.05) is 32.6 Å². The Bertz CT molecular complexity index is 287. The van der Waals surface area contributed by atoms with Gasteiger partial charge in [0, 0.05) is 0 Å². The molecule has 6 heteroatoms. The summed E-state index contributed by atoms with van der Waals surface area (Å²) in [6.07, 6.45) is 4.08. The highest BCUT2D eigenvalue weighted by molar-refractivity contribution is 5.85. The number of amides is 2. The molecule has 0 bridgehead atoms. The molecule has 112 valence electrons. The number of nitrogens with one attached hydrogen (secondary N) is 2. The lowest BCUT2D eigenvalue weighted by Gasteiger charge is -2.22. The molecule has 0 spiro atoms. The fourth-order valence-electron chi connectivity index (χ4n) is 1.59. The Morgan fingerprint density at radius 3 is 2.32 bits per heavy atom. The molecule has 19 heavy (non-hydrogen) atoms. The number of hydrogen-bond donors (Lipinski definition) is 3. The van der Waals surface area contributed by atoms with Crippen LogP contribution < -0.4 is 16.6 Å². The molecule has 4 N–H and O–H groups in total. The van der Waals surface area contributed by atoms with Crippen molar-refractivity contribution in [1.82, 2.24) is 10.7 Å². The Kier molecular flexibility index (Phi) is 8.14. The highest BCUT2D eigenvalue weighted by Crippen LogP contribution is 2.09. The topological polar surface area (TPSA) is 93.4 Å². The van der Waals surface area contributed by atoms with E-state index in [1.165, 1.54) is 0 Å². The maximum absolute atomic E-state index is 11.6. The molecule has 0 aliphatic rings. The van der Waals surface area contributed by atoms with Crippen LogP contribution in [0.25, 0.3) is 0 Å². The number of alkyl carbamates (subject to hydrolysis) is 1. The molecular formula is C13H27N3O3. The van der Waals surface area contributed by atoms with Gasteiger partial charge in [0.05, 0.1) is 0 Å². The SMILES string of the molecule is CCCCCC[C@H](NC(=O)OC(C)(C)C)C(=O)NN. The van der Waals surface area contributed by atoms with Crippen LogP contribution in [-0.2, 0) is 9.53 Å². The molecule has 0 aromatic carbocycles. The number of ether oxygens (including phenoxy) is 1. The van der Waals surface area contributed by atoms with Crippen LogP contribution in [0.1, 0.15) is 59.8 Å². The van der Waals surface area contributed by atoms with Crippen molar-refractivity contribution in [3.8, 4) is 0 Å². The minimum absolute atomic E-state index is 0.401. The zero-order valence-electron chi connectivity index (χ0n) is 12.4. The van der Waals surface area contributed by atoms with Gasteiger partial charge in [-0.2, -0.15) is 0 Å². The van der Waals surface area contributed by atoms with Crippen molar-refractivity contribution in [3.63, 3.8) is 0 Å². The molecule has 0 radical (unpaired) electrons. The van der Waals surface area contributed by atoms with Crippen LogP contribution in [0, 0.1) is 0 Å². The lowest BCUT2D eigenvalue weighted by atomic mass is 10.1. The van der Waals surface area contributed by atoms with Crippen LogP contribution in [0.3, 0.4) is 0 Å². The van der Waals surface area contributed by atoms with Gasteiger partial charge >= 0.3 is 6.09 Å². The van der Waals surface area contributed by atoms with Gasteiger partial charge < -0.3 is 10.1 Å². The molecule has 0 aliphatic heterocycles. The lowest BCUT2D eigenvalue weighted by molar-refractivity contribution is -0.123. The first-order chi connectivity index (χ1) is 8.80. The highest BCUT2D eigenvalue weighted by Gasteiger charge is 2.23. The average Bonchev–Trinajstić information content (AvgIpc) is 2.29. The molecule has 0 saturated carbocycles. The summed E-state index contributed by atoms with van der Waals surface area (Å²) < 4.78 is 5.12. The van der Waals surface area contributed by atoms with Crippen LogP contribution in [-0.4, -0.2) is 23.6 Å². The van der Waals surface area contributed by atoms with Gasteiger partial charge in [0.1, 0.15) is 11.6 Å². The van der Waals surface area contributed by atoms with Crippen LogP contribution in [0.15, 0.2) is 0 Å². The van der Waals surface area contributed by atoms with Gasteiger partial charge in [-0.25, -0.2) is 10.6 Å². The molecule has 2 amide bonds. The lowest BCUT2D eigenvalue weighted by Crippen LogP contribution is -2.50. The molecule has 0 aliphatic carbocycles. The van der Waals surface area contributed by atoms with E-state index in [0.29, 0.717) is 6.42 Å². The predicted molar refractivity (Wildman–Crippen MR) is 74.2 cm³/mol. The molecule has 0 aromatic heterocycles. The summed E-state index contributed by atoms with van der Waals surface area (Å²) in [5.41, 5.74) is 1.48. The zero-order valence-corrected chi connectivity index (χ0v) is 12.4. The molecule has 0 fully saturated rings. The monoisotopic (exact) mass is 273 g/mol. The number of nitrogens with two attached hydrogens (primary N) is 1. The van der Waals surface area contributed by atoms with Gasteiger partial charge in [-0.05, 0) is 27.2 Å². The summed E-state index contributed by atoms with van der Waals surface area (Å²) in [7, 11) is 0. The summed E-state index contributed by atoms with van der Waals surface area (Å²) in [5.74, 6) is 4.71. The van der Waals surface area contributed by atoms with Gasteiger partial charge in [-0.3, -0.25) is 10.2 Å². The second-order valence-corrected chi connectivity index (χ2v) is 5.56. The molecule has 0 heterocycles. The van der Waals surface area contributed by atoms with Crippen LogP contribution >= 0.6 is 0 Å². The maximum Gasteiger partial charge on any atom is 0.408 e. The Hall–Kier alpha value is -1.30. The van der Waals surface area contributed by atoms with E-state index in [2.05, 4.69) is 17.7 Å². The third kappa shape index (κ3) is 9.30. The van der Waals surface area contributed by atoms with Gasteiger partial charge in [0.2, 0.25) is 0 Å². The van der Waals surface area contributed by atoms with Crippen molar-refractivity contribution >= 4 is 12.0 Å². The first-order valence-corrected chi connectivity index (χ1v) is 6.80. The maximum atomic E-state index is 11.6. The predicted octanol–water partition coefficient (Wildman–Crippen LogP) is 1.84. The van der Waals surface area contributed by atoms with Crippen molar-refractivity contribution < 1.29 is 14.3 Å². The smallest absolute Gasteiger partial charge is 0.408 e. The Balaban J connectivity index is 4.27. The third-order valence-electron chi connectivity index (χ3n) is 2.50. The minimum Gasteiger partial charge on any atom is -0.444 e. The Morgan fingerprint density at radius 1 is 1.21 bits per heavy atom. The highest BCUT2D eigenvalue weighted by atomic mass is 16.6. The molecule has 0 saturated heterocycles. The molecule has 0 rings (SSSR count). The van der Waals surface area contributed by atoms with E-state index < -0.39 is 23.6 Å². The minimum atomic E-state index is -0.642. The third-order valence-corrected chi connectivity index (χ3v) is 2.50. The van der Waals surface area contributed by atoms with Crippen molar-refractivity contribution in [2.24, 2.45) is 5.84 Å². The number of carbonyl (C=O) groups is 2. The Morgan fingerprint density at radius 2 is 1.84 bits per heavy atom. The van der Waals surface area contributed by atoms with E-state index in [-0.39, 0.29) is 0 Å². The molecule has 1 atom stereocenters. The fraction of sp³-hybridized carbons (Fsp3) is 0.846. The van der Waals surface area contributed by atoms with Crippen molar-refractivity contribution in [1.29, 1.82) is 0 Å². The van der Waals surface area contributed by atoms with Crippen LogP contribution in [0.5, 0.6) is 0 Å². The first kappa shape index (κ1) is 17.7. The average molecular weight is 273 g/mol. The van der Waals surface area contributed by atoms with Crippen molar-refractivity contribution in [2.45, 2.75) is 71.4 Å². The second-order valence-electron chi connectivity index (χ2n) is 5.56. The zero-order chi connectivity index (χ0) is 14.9. The Labute approximate surface area is 115 Å². The van der Waals surface area contributed by atoms with E-state index in [1.54, 1.807) is 20.8 Å². The number of unbranched alkanes of at least 4 members (excludes halogenated alkanes) is 3. The summed E-state index contributed by atoms with van der Waals surface area (Å²) in [6, 6.07) is -0.642. The summed E-state index contributed by atoms with van der Waals surface area (Å²) >= 11 is 0. The normalized spacial score (nSPS) is 12.7. The molecule has 0 aromatic rings. The molecular weight excluding hydrogens is 246 g/mol. The van der Waals surface area contributed by atoms with Gasteiger partial charge in [-0.15, -0.1) is 0 Å². The standard InChI is InChI=1S/C13H27N3O3/c1-5-6-7-8-9-10(11(17)16-14)15-12(18)19-13(2,3)4/h10H,5-9,14H2,1-4H3,(H,15,18)(H,16,17)/t10-/m0/s1. The number of carbonyl (C=O) groups excluding carboxylic acids is 2. The first-order valence-electron chi connectivity index (χ1n) is 6.80. The largest absolute Gasteiger partial charge is 0.444 e. The number of hydrogen-bond acceptors (Lipinski definition) is 4. The summed E-state index contributed by atoms with van der Waals surface area (Å²) in [4.78, 5) is 23.2. The summed E-state index contributed by atoms with van der Waals surface area (Å²) in [5, 5.41) is 2.55. The fourth-order valence-corrected chi connectivity index (χ4v) is 1.59. The second kappa shape index (κ2) is 8.74. The van der Waals surface area contributed by atoms with E-state index in [9.17, 15) is 9.59 Å². The van der Waals surface area contributed by atoms with E-state index in [4.69, 9.17) is 10.6 Å².